The molecule has 0 spiro atoms. The lowest BCUT2D eigenvalue weighted by molar-refractivity contribution is -0.142. The van der Waals surface area contributed by atoms with Crippen LogP contribution in [0.5, 0.6) is 0 Å². The Balaban J connectivity index is 1.47. The number of likely N-dealkylation sites (tertiary alicyclic amines) is 1. The number of allylic oxidation sites excluding steroid dienone is 2. The molecule has 7 heteroatoms. The number of carbonyl (C=O) groups excluding carboxylic acids is 3. The fourth-order valence-corrected chi connectivity index (χ4v) is 4.21. The second-order valence-electron chi connectivity index (χ2n) is 6.78. The van der Waals surface area contributed by atoms with Crippen LogP contribution >= 0.6 is 0 Å². The van der Waals surface area contributed by atoms with E-state index in [0.29, 0.717) is 0 Å². The molecule has 3 amide bonds. The Labute approximate surface area is 142 Å². The molecule has 4 aliphatic rings. The van der Waals surface area contributed by atoms with E-state index in [-0.39, 0.29) is 41.2 Å². The van der Waals surface area contributed by atoms with Crippen molar-refractivity contribution in [3.8, 4) is 0 Å². The lowest BCUT2D eigenvalue weighted by Crippen LogP contribution is -2.38. The standard InChI is InChI=1S/C18H16F2N2O3/c19-12-6-5-11(7-13(12)20)21-14(23)8-22-17(24)15-9-1-2-10(4-3-9)16(15)18(22)25/h1-2,5-7,9-10,15-16H,3-4,8H2,(H,21,23). The first-order chi connectivity index (χ1) is 12.0. The van der Waals surface area contributed by atoms with Gasteiger partial charge in [0.05, 0.1) is 11.8 Å². The van der Waals surface area contributed by atoms with Gasteiger partial charge in [-0.1, -0.05) is 12.2 Å². The first-order valence-electron chi connectivity index (χ1n) is 8.24. The molecular weight excluding hydrogens is 330 g/mol. The summed E-state index contributed by atoms with van der Waals surface area (Å²) in [6.07, 6.45) is 5.78. The fourth-order valence-electron chi connectivity index (χ4n) is 4.21. The molecule has 1 aliphatic heterocycles. The van der Waals surface area contributed by atoms with Crippen LogP contribution in [0.1, 0.15) is 12.8 Å². The minimum Gasteiger partial charge on any atom is -0.324 e. The molecule has 25 heavy (non-hydrogen) atoms. The molecular formula is C18H16F2N2O3. The third kappa shape index (κ3) is 2.54. The lowest BCUT2D eigenvalue weighted by Gasteiger charge is -2.38. The number of benzene rings is 1. The monoisotopic (exact) mass is 346 g/mol. The van der Waals surface area contributed by atoms with E-state index in [4.69, 9.17) is 0 Å². The summed E-state index contributed by atoms with van der Waals surface area (Å²) in [6.45, 7) is -0.414. The maximum Gasteiger partial charge on any atom is 0.244 e. The second kappa shape index (κ2) is 5.75. The Hall–Kier alpha value is -2.57. The van der Waals surface area contributed by atoms with Crippen LogP contribution in [0.15, 0.2) is 30.4 Å². The highest BCUT2D eigenvalue weighted by Crippen LogP contribution is 2.49. The molecule has 1 saturated carbocycles. The average Bonchev–Trinajstić information content (AvgIpc) is 2.86. The molecule has 0 aromatic heterocycles. The maximum absolute atomic E-state index is 13.2. The Morgan fingerprint density at radius 3 is 2.16 bits per heavy atom. The third-order valence-electron chi connectivity index (χ3n) is 5.36. The first kappa shape index (κ1) is 15.9. The van der Waals surface area contributed by atoms with Gasteiger partial charge < -0.3 is 5.32 Å². The Kier molecular flexibility index (Phi) is 3.67. The summed E-state index contributed by atoms with van der Waals surface area (Å²) in [6, 6.07) is 2.97. The van der Waals surface area contributed by atoms with E-state index in [1.165, 1.54) is 6.07 Å². The largest absolute Gasteiger partial charge is 0.324 e. The summed E-state index contributed by atoms with van der Waals surface area (Å²) in [7, 11) is 0. The van der Waals surface area contributed by atoms with Crippen molar-refractivity contribution in [2.24, 2.45) is 23.7 Å². The number of nitrogens with one attached hydrogen (secondary N) is 1. The van der Waals surface area contributed by atoms with Crippen LogP contribution in [-0.4, -0.2) is 29.2 Å². The molecule has 5 rings (SSSR count). The average molecular weight is 346 g/mol. The predicted molar refractivity (Wildman–Crippen MR) is 84.0 cm³/mol. The minimum atomic E-state index is -1.08. The number of hydrogen-bond acceptors (Lipinski definition) is 3. The summed E-state index contributed by atoms with van der Waals surface area (Å²) in [5, 5.41) is 2.39. The van der Waals surface area contributed by atoms with Gasteiger partial charge in [0, 0.05) is 11.8 Å². The van der Waals surface area contributed by atoms with E-state index in [9.17, 15) is 23.2 Å². The summed E-state index contributed by atoms with van der Waals surface area (Å²) < 4.78 is 26.1. The molecule has 1 N–H and O–H groups in total. The third-order valence-corrected chi connectivity index (χ3v) is 5.36. The lowest BCUT2D eigenvalue weighted by atomic mass is 9.63. The van der Waals surface area contributed by atoms with E-state index in [2.05, 4.69) is 5.32 Å². The topological polar surface area (TPSA) is 66.5 Å². The van der Waals surface area contributed by atoms with Gasteiger partial charge in [-0.05, 0) is 36.8 Å². The number of hydrogen-bond donors (Lipinski definition) is 1. The summed E-state index contributed by atoms with van der Waals surface area (Å²) in [4.78, 5) is 38.4. The number of carbonyl (C=O) groups is 3. The number of rotatable bonds is 3. The van der Waals surface area contributed by atoms with Gasteiger partial charge in [-0.2, -0.15) is 0 Å². The van der Waals surface area contributed by atoms with Crippen LogP contribution in [0.2, 0.25) is 0 Å². The van der Waals surface area contributed by atoms with Gasteiger partial charge in [0.15, 0.2) is 11.6 Å². The van der Waals surface area contributed by atoms with E-state index < -0.39 is 24.1 Å². The van der Waals surface area contributed by atoms with Crippen molar-refractivity contribution in [3.05, 3.63) is 42.0 Å². The molecule has 130 valence electrons. The van der Waals surface area contributed by atoms with Crippen LogP contribution in [0.25, 0.3) is 0 Å². The molecule has 1 aromatic carbocycles. The number of fused-ring (bicyclic) bond motifs is 1. The highest BCUT2D eigenvalue weighted by atomic mass is 19.2. The van der Waals surface area contributed by atoms with E-state index in [1.54, 1.807) is 0 Å². The number of anilines is 1. The Morgan fingerprint density at radius 1 is 1.04 bits per heavy atom. The van der Waals surface area contributed by atoms with Crippen LogP contribution in [0.4, 0.5) is 14.5 Å². The summed E-state index contributed by atoms with van der Waals surface area (Å²) in [5.41, 5.74) is 0.0714. The highest BCUT2D eigenvalue weighted by Gasteiger charge is 2.56. The van der Waals surface area contributed by atoms with Gasteiger partial charge in [-0.25, -0.2) is 8.78 Å². The van der Waals surface area contributed by atoms with Crippen LogP contribution in [0, 0.1) is 35.3 Å². The van der Waals surface area contributed by atoms with Crippen molar-refractivity contribution in [1.29, 1.82) is 0 Å². The summed E-state index contributed by atoms with van der Waals surface area (Å²) >= 11 is 0. The number of amides is 3. The number of nitrogens with zero attached hydrogens (tertiary/aromatic N) is 1. The van der Waals surface area contributed by atoms with Gasteiger partial charge >= 0.3 is 0 Å². The van der Waals surface area contributed by atoms with Gasteiger partial charge in [-0.3, -0.25) is 19.3 Å². The smallest absolute Gasteiger partial charge is 0.244 e. The van der Waals surface area contributed by atoms with Crippen LogP contribution < -0.4 is 5.32 Å². The molecule has 1 heterocycles. The van der Waals surface area contributed by atoms with Crippen molar-refractivity contribution in [2.75, 3.05) is 11.9 Å². The van der Waals surface area contributed by atoms with Crippen LogP contribution in [-0.2, 0) is 14.4 Å². The van der Waals surface area contributed by atoms with Gasteiger partial charge in [0.1, 0.15) is 6.54 Å². The van der Waals surface area contributed by atoms with Crippen molar-refractivity contribution in [1.82, 2.24) is 4.90 Å². The molecule has 1 aromatic rings. The molecule has 4 unspecified atom stereocenters. The van der Waals surface area contributed by atoms with Crippen molar-refractivity contribution in [3.63, 3.8) is 0 Å². The molecule has 0 radical (unpaired) electrons. The zero-order valence-electron chi connectivity index (χ0n) is 13.2. The number of halogens is 2. The molecule has 1 saturated heterocycles. The van der Waals surface area contributed by atoms with Crippen molar-refractivity contribution < 1.29 is 23.2 Å². The van der Waals surface area contributed by atoms with Gasteiger partial charge in [0.25, 0.3) is 0 Å². The van der Waals surface area contributed by atoms with E-state index >= 15 is 0 Å². The molecule has 4 atom stereocenters. The molecule has 2 fully saturated rings. The van der Waals surface area contributed by atoms with E-state index in [0.717, 1.165) is 29.9 Å². The van der Waals surface area contributed by atoms with Crippen molar-refractivity contribution in [2.45, 2.75) is 12.8 Å². The Bertz CT molecular complexity index is 776. The van der Waals surface area contributed by atoms with E-state index in [1.807, 2.05) is 12.2 Å². The van der Waals surface area contributed by atoms with Crippen LogP contribution in [0.3, 0.4) is 0 Å². The predicted octanol–water partition coefficient (Wildman–Crippen LogP) is 2.10. The zero-order chi connectivity index (χ0) is 17.7. The molecule has 3 aliphatic carbocycles. The first-order valence-corrected chi connectivity index (χ1v) is 8.24. The maximum atomic E-state index is 13.2. The van der Waals surface area contributed by atoms with Crippen molar-refractivity contribution >= 4 is 23.4 Å². The minimum absolute atomic E-state index is 0.0608. The normalized spacial score (nSPS) is 29.9. The zero-order valence-corrected chi connectivity index (χ0v) is 13.2. The Morgan fingerprint density at radius 2 is 1.64 bits per heavy atom. The molecule has 2 bridgehead atoms. The molecule has 5 nitrogen and oxygen atoms in total. The van der Waals surface area contributed by atoms with Gasteiger partial charge in [0.2, 0.25) is 17.7 Å². The highest BCUT2D eigenvalue weighted by molar-refractivity contribution is 6.09. The quantitative estimate of drug-likeness (QED) is 0.673. The fraction of sp³-hybridized carbons (Fsp3) is 0.389. The second-order valence-corrected chi connectivity index (χ2v) is 6.78. The number of imide groups is 1. The SMILES string of the molecule is O=C(CN1C(=O)C2C3C=CC(CC3)C2C1=O)Nc1ccc(F)c(F)c1. The van der Waals surface area contributed by atoms with Gasteiger partial charge in [-0.15, -0.1) is 0 Å². The summed E-state index contributed by atoms with van der Waals surface area (Å²) in [5.74, 6) is -3.96.